The summed E-state index contributed by atoms with van der Waals surface area (Å²) < 4.78 is 2.08. The molecule has 1 aromatic rings. The molecule has 0 radical (unpaired) electrons. The van der Waals surface area contributed by atoms with Crippen LogP contribution in [0.2, 0.25) is 0 Å². The summed E-state index contributed by atoms with van der Waals surface area (Å²) in [7, 11) is 0. The topological polar surface area (TPSA) is 57.5 Å². The Morgan fingerprint density at radius 3 is 2.59 bits per heavy atom. The van der Waals surface area contributed by atoms with Crippen LogP contribution in [-0.4, -0.2) is 59.9 Å². The summed E-state index contributed by atoms with van der Waals surface area (Å²) in [6.45, 7) is 16.1. The molecular formula is C21H40N6. The molecule has 2 heterocycles. The third-order valence-electron chi connectivity index (χ3n) is 5.32. The largest absolute Gasteiger partial charge is 0.357 e. The van der Waals surface area contributed by atoms with E-state index in [4.69, 9.17) is 4.99 Å². The molecule has 6 nitrogen and oxygen atoms in total. The molecule has 0 aromatic carbocycles. The molecular weight excluding hydrogens is 336 g/mol. The second-order valence-corrected chi connectivity index (χ2v) is 7.92. The van der Waals surface area contributed by atoms with Crippen LogP contribution in [0.25, 0.3) is 0 Å². The number of piperidine rings is 1. The maximum absolute atomic E-state index is 4.70. The quantitative estimate of drug-likeness (QED) is 0.374. The van der Waals surface area contributed by atoms with Crippen molar-refractivity contribution < 1.29 is 0 Å². The highest BCUT2D eigenvalue weighted by molar-refractivity contribution is 5.79. The molecule has 1 saturated heterocycles. The second-order valence-electron chi connectivity index (χ2n) is 7.92. The zero-order valence-corrected chi connectivity index (χ0v) is 17.9. The van der Waals surface area contributed by atoms with E-state index in [0.717, 1.165) is 50.2 Å². The van der Waals surface area contributed by atoms with E-state index in [2.05, 4.69) is 52.2 Å². The maximum Gasteiger partial charge on any atom is 0.191 e. The standard InChI is InChI=1S/C21H40N6/c1-5-22-21(24-12-8-14-27-20(4)17-19(3)25-27)23-11-6-7-13-26-15-9-18(2)10-16-26/h17-18H,5-16H2,1-4H3,(H2,22,23,24). The van der Waals surface area contributed by atoms with Gasteiger partial charge in [-0.1, -0.05) is 6.92 Å². The first-order valence-electron chi connectivity index (χ1n) is 10.8. The Kier molecular flexibility index (Phi) is 9.67. The SMILES string of the molecule is CCNC(=NCCCn1nc(C)cc1C)NCCCCN1CCC(C)CC1. The fraction of sp³-hybridized carbons (Fsp3) is 0.810. The van der Waals surface area contributed by atoms with Gasteiger partial charge in [-0.3, -0.25) is 9.67 Å². The molecule has 0 spiro atoms. The summed E-state index contributed by atoms with van der Waals surface area (Å²) >= 11 is 0. The molecule has 6 heteroatoms. The molecule has 0 saturated carbocycles. The molecule has 0 bridgehead atoms. The summed E-state index contributed by atoms with van der Waals surface area (Å²) in [5, 5.41) is 11.3. The number of aryl methyl sites for hydroxylation is 3. The monoisotopic (exact) mass is 376 g/mol. The van der Waals surface area contributed by atoms with Gasteiger partial charge in [-0.15, -0.1) is 0 Å². The Balaban J connectivity index is 1.59. The highest BCUT2D eigenvalue weighted by atomic mass is 15.3. The van der Waals surface area contributed by atoms with E-state index >= 15 is 0 Å². The van der Waals surface area contributed by atoms with Gasteiger partial charge in [-0.05, 0) is 84.5 Å². The van der Waals surface area contributed by atoms with Gasteiger partial charge in [0.15, 0.2) is 5.96 Å². The first kappa shape index (κ1) is 21.7. The van der Waals surface area contributed by atoms with Crippen molar-refractivity contribution >= 4 is 5.96 Å². The molecule has 27 heavy (non-hydrogen) atoms. The lowest BCUT2D eigenvalue weighted by Crippen LogP contribution is -2.38. The minimum Gasteiger partial charge on any atom is -0.357 e. The lowest BCUT2D eigenvalue weighted by Gasteiger charge is -2.30. The predicted molar refractivity (Wildman–Crippen MR) is 114 cm³/mol. The lowest BCUT2D eigenvalue weighted by atomic mass is 9.99. The number of guanidine groups is 1. The predicted octanol–water partition coefficient (Wildman–Crippen LogP) is 2.96. The zero-order valence-electron chi connectivity index (χ0n) is 17.9. The third-order valence-corrected chi connectivity index (χ3v) is 5.32. The van der Waals surface area contributed by atoms with Crippen LogP contribution in [0, 0.1) is 19.8 Å². The van der Waals surface area contributed by atoms with Crippen molar-refractivity contribution in [2.24, 2.45) is 10.9 Å². The first-order chi connectivity index (χ1) is 13.1. The van der Waals surface area contributed by atoms with Crippen LogP contribution in [0.3, 0.4) is 0 Å². The Morgan fingerprint density at radius 1 is 1.15 bits per heavy atom. The van der Waals surface area contributed by atoms with E-state index in [1.54, 1.807) is 0 Å². The molecule has 0 atom stereocenters. The van der Waals surface area contributed by atoms with Crippen LogP contribution in [-0.2, 0) is 6.54 Å². The van der Waals surface area contributed by atoms with E-state index < -0.39 is 0 Å². The number of aromatic nitrogens is 2. The van der Waals surface area contributed by atoms with E-state index in [-0.39, 0.29) is 0 Å². The number of unbranched alkanes of at least 4 members (excludes halogenated alkanes) is 1. The fourth-order valence-electron chi connectivity index (χ4n) is 3.61. The molecule has 2 rings (SSSR count). The number of nitrogens with zero attached hydrogens (tertiary/aromatic N) is 4. The summed E-state index contributed by atoms with van der Waals surface area (Å²) in [6.07, 6.45) is 6.20. The van der Waals surface area contributed by atoms with Crippen molar-refractivity contribution in [1.82, 2.24) is 25.3 Å². The molecule has 0 unspecified atom stereocenters. The van der Waals surface area contributed by atoms with Gasteiger partial charge < -0.3 is 15.5 Å². The summed E-state index contributed by atoms with van der Waals surface area (Å²) in [5.74, 6) is 1.86. The Hall–Kier alpha value is -1.56. The second kappa shape index (κ2) is 12.0. The van der Waals surface area contributed by atoms with Crippen LogP contribution in [0.5, 0.6) is 0 Å². The molecule has 2 N–H and O–H groups in total. The van der Waals surface area contributed by atoms with Crippen molar-refractivity contribution in [3.05, 3.63) is 17.5 Å². The van der Waals surface area contributed by atoms with E-state index in [1.165, 1.54) is 51.0 Å². The van der Waals surface area contributed by atoms with Crippen LogP contribution in [0.1, 0.15) is 57.3 Å². The summed E-state index contributed by atoms with van der Waals surface area (Å²) in [6, 6.07) is 2.12. The zero-order chi connectivity index (χ0) is 19.5. The molecule has 1 aromatic heterocycles. The normalized spacial score (nSPS) is 16.7. The average molecular weight is 377 g/mol. The Bertz CT molecular complexity index is 557. The maximum atomic E-state index is 4.70. The molecule has 1 aliphatic rings. The number of likely N-dealkylation sites (tertiary alicyclic amines) is 1. The van der Waals surface area contributed by atoms with E-state index in [0.29, 0.717) is 0 Å². The van der Waals surface area contributed by atoms with Gasteiger partial charge in [0.2, 0.25) is 0 Å². The highest BCUT2D eigenvalue weighted by Crippen LogP contribution is 2.16. The minimum absolute atomic E-state index is 0.819. The fourth-order valence-corrected chi connectivity index (χ4v) is 3.61. The molecule has 0 amide bonds. The van der Waals surface area contributed by atoms with Crippen LogP contribution >= 0.6 is 0 Å². The third kappa shape index (κ3) is 8.33. The number of hydrogen-bond donors (Lipinski definition) is 2. The van der Waals surface area contributed by atoms with Crippen LogP contribution in [0.4, 0.5) is 0 Å². The molecule has 154 valence electrons. The van der Waals surface area contributed by atoms with Crippen molar-refractivity contribution in [2.75, 3.05) is 39.3 Å². The number of aliphatic imine (C=N–C) groups is 1. The molecule has 1 aliphatic heterocycles. The average Bonchev–Trinajstić information content (AvgIpc) is 2.97. The smallest absolute Gasteiger partial charge is 0.191 e. The van der Waals surface area contributed by atoms with Gasteiger partial charge in [-0.2, -0.15) is 5.10 Å². The van der Waals surface area contributed by atoms with E-state index in [1.807, 2.05) is 6.92 Å². The van der Waals surface area contributed by atoms with Crippen molar-refractivity contribution in [1.29, 1.82) is 0 Å². The highest BCUT2D eigenvalue weighted by Gasteiger charge is 2.14. The lowest BCUT2D eigenvalue weighted by molar-refractivity contribution is 0.189. The number of hydrogen-bond acceptors (Lipinski definition) is 3. The summed E-state index contributed by atoms with van der Waals surface area (Å²) in [5.41, 5.74) is 2.31. The van der Waals surface area contributed by atoms with Gasteiger partial charge in [0.1, 0.15) is 0 Å². The van der Waals surface area contributed by atoms with Gasteiger partial charge in [0.25, 0.3) is 0 Å². The number of rotatable bonds is 10. The van der Waals surface area contributed by atoms with Crippen molar-refractivity contribution in [2.45, 2.75) is 66.3 Å². The number of nitrogens with one attached hydrogen (secondary N) is 2. The van der Waals surface area contributed by atoms with Gasteiger partial charge >= 0.3 is 0 Å². The minimum atomic E-state index is 0.819. The molecule has 0 aliphatic carbocycles. The van der Waals surface area contributed by atoms with Crippen LogP contribution in [0.15, 0.2) is 11.1 Å². The van der Waals surface area contributed by atoms with Gasteiger partial charge in [0.05, 0.1) is 5.69 Å². The first-order valence-corrected chi connectivity index (χ1v) is 10.8. The van der Waals surface area contributed by atoms with Crippen molar-refractivity contribution in [3.63, 3.8) is 0 Å². The summed E-state index contributed by atoms with van der Waals surface area (Å²) in [4.78, 5) is 7.33. The Labute approximate surface area is 165 Å². The van der Waals surface area contributed by atoms with Crippen LogP contribution < -0.4 is 10.6 Å². The van der Waals surface area contributed by atoms with Crippen molar-refractivity contribution in [3.8, 4) is 0 Å². The van der Waals surface area contributed by atoms with E-state index in [9.17, 15) is 0 Å². The van der Waals surface area contributed by atoms with Gasteiger partial charge in [-0.25, -0.2) is 0 Å². The van der Waals surface area contributed by atoms with Gasteiger partial charge in [0, 0.05) is 31.9 Å². The molecule has 1 fully saturated rings. The Morgan fingerprint density at radius 2 is 1.93 bits per heavy atom.